The van der Waals surface area contributed by atoms with Crippen LogP contribution >= 0.6 is 23.2 Å². The van der Waals surface area contributed by atoms with E-state index in [9.17, 15) is 13.2 Å². The van der Waals surface area contributed by atoms with Crippen molar-refractivity contribution in [1.82, 2.24) is 4.90 Å². The van der Waals surface area contributed by atoms with Crippen molar-refractivity contribution in [3.63, 3.8) is 0 Å². The summed E-state index contributed by atoms with van der Waals surface area (Å²) in [5.74, 6) is 0.108. The van der Waals surface area contributed by atoms with Crippen molar-refractivity contribution < 1.29 is 17.9 Å². The molecule has 1 atom stereocenters. The Balaban J connectivity index is 1.87. The minimum atomic E-state index is -3.18. The number of amides is 1. The Morgan fingerprint density at radius 2 is 1.71 bits per heavy atom. The molecular weight excluding hydrogens is 505 g/mol. The van der Waals surface area contributed by atoms with E-state index in [1.54, 1.807) is 17.0 Å². The van der Waals surface area contributed by atoms with Gasteiger partial charge in [-0.25, -0.2) is 8.42 Å². The third-order valence-corrected chi connectivity index (χ3v) is 8.63. The fraction of sp³-hybridized carbons (Fsp3) is 0.519. The number of unbranched alkanes of at least 4 members (excludes halogenated alkanes) is 2. The topological polar surface area (TPSA) is 63.7 Å². The van der Waals surface area contributed by atoms with Crippen LogP contribution in [0, 0.1) is 0 Å². The largest absolute Gasteiger partial charge is 0.490 e. The van der Waals surface area contributed by atoms with Gasteiger partial charge in [0, 0.05) is 18.2 Å². The molecule has 1 amide bonds. The smallest absolute Gasteiger partial charge is 0.254 e. The average molecular weight is 541 g/mol. The molecule has 0 aromatic heterocycles. The van der Waals surface area contributed by atoms with Crippen LogP contribution in [0.15, 0.2) is 36.4 Å². The first-order valence-electron chi connectivity index (χ1n) is 12.1. The minimum Gasteiger partial charge on any atom is -0.490 e. The van der Waals surface area contributed by atoms with Crippen LogP contribution in [0.4, 0.5) is 0 Å². The summed E-state index contributed by atoms with van der Waals surface area (Å²) in [6, 6.07) is 10.8. The molecule has 0 spiro atoms. The van der Waals surface area contributed by atoms with E-state index in [1.165, 1.54) is 5.56 Å². The van der Waals surface area contributed by atoms with E-state index in [2.05, 4.69) is 39.8 Å². The summed E-state index contributed by atoms with van der Waals surface area (Å²) in [6.45, 7) is 9.34. The lowest BCUT2D eigenvalue weighted by Crippen LogP contribution is -2.40. The van der Waals surface area contributed by atoms with Gasteiger partial charge in [0.2, 0.25) is 0 Å². The number of hydrogen-bond donors (Lipinski definition) is 0. The number of benzene rings is 2. The summed E-state index contributed by atoms with van der Waals surface area (Å²) in [7, 11) is -3.18. The number of halogens is 2. The first kappa shape index (κ1) is 27.8. The zero-order chi connectivity index (χ0) is 25.8. The normalized spacial score (nSPS) is 17.4. The van der Waals surface area contributed by atoms with E-state index in [1.807, 2.05) is 12.1 Å². The summed E-state index contributed by atoms with van der Waals surface area (Å²) in [6.07, 6.45) is 3.42. The van der Waals surface area contributed by atoms with Crippen molar-refractivity contribution in [1.29, 1.82) is 0 Å². The highest BCUT2D eigenvalue weighted by Gasteiger charge is 2.35. The van der Waals surface area contributed by atoms with E-state index in [0.717, 1.165) is 24.8 Å². The highest BCUT2D eigenvalue weighted by molar-refractivity contribution is 7.91. The number of hydrogen-bond acceptors (Lipinski definition) is 4. The highest BCUT2D eigenvalue weighted by Crippen LogP contribution is 2.35. The summed E-state index contributed by atoms with van der Waals surface area (Å²) in [4.78, 5) is 15.3. The predicted octanol–water partition coefficient (Wildman–Crippen LogP) is 6.69. The lowest BCUT2D eigenvalue weighted by molar-refractivity contribution is 0.0681. The van der Waals surface area contributed by atoms with Gasteiger partial charge in [0.05, 0.1) is 28.2 Å². The molecule has 0 aliphatic carbocycles. The van der Waals surface area contributed by atoms with Crippen molar-refractivity contribution in [2.75, 3.05) is 18.1 Å². The molecule has 1 heterocycles. The number of ether oxygens (including phenoxy) is 1. The molecule has 0 radical (unpaired) electrons. The first-order valence-corrected chi connectivity index (χ1v) is 14.7. The van der Waals surface area contributed by atoms with Gasteiger partial charge < -0.3 is 9.64 Å². The third kappa shape index (κ3) is 7.37. The lowest BCUT2D eigenvalue weighted by atomic mass is 9.86. The van der Waals surface area contributed by atoms with Crippen LogP contribution in [-0.4, -0.2) is 43.4 Å². The second kappa shape index (κ2) is 11.5. The second-order valence-electron chi connectivity index (χ2n) is 10.3. The number of nitrogens with zero attached hydrogens (tertiary/aromatic N) is 1. The molecular formula is C27H35Cl2NO4S. The van der Waals surface area contributed by atoms with Crippen LogP contribution in [0.25, 0.3) is 0 Å². The molecule has 1 fully saturated rings. The molecule has 0 N–H and O–H groups in total. The van der Waals surface area contributed by atoms with Crippen molar-refractivity contribution >= 4 is 38.9 Å². The predicted molar refractivity (Wildman–Crippen MR) is 144 cm³/mol. The Morgan fingerprint density at radius 1 is 1.09 bits per heavy atom. The molecule has 2 aromatic rings. The molecule has 1 aliphatic rings. The molecule has 0 bridgehead atoms. The molecule has 1 aliphatic heterocycles. The molecule has 2 aromatic carbocycles. The zero-order valence-electron chi connectivity index (χ0n) is 20.9. The Labute approximate surface area is 219 Å². The standard InChI is InChI=1S/C27H35Cl2NO4S/c1-5-6-7-13-34-25-23(28)15-20(16-24(25)29)26(31)30(22-12-14-35(32,33)18-22)17-19-8-10-21(11-9-19)27(2,3)4/h8-11,15-16,22H,5-7,12-14,17-18H2,1-4H3. The number of rotatable bonds is 9. The Hall–Kier alpha value is -1.76. The quantitative estimate of drug-likeness (QED) is 0.333. The molecule has 1 saturated heterocycles. The van der Waals surface area contributed by atoms with Crippen molar-refractivity contribution in [2.24, 2.45) is 0 Å². The number of carbonyl (C=O) groups excluding carboxylic acids is 1. The van der Waals surface area contributed by atoms with E-state index in [0.29, 0.717) is 30.9 Å². The SMILES string of the molecule is CCCCCOc1c(Cl)cc(C(=O)N(Cc2ccc(C(C)(C)C)cc2)C2CCS(=O)(=O)C2)cc1Cl. The van der Waals surface area contributed by atoms with Crippen LogP contribution < -0.4 is 4.74 Å². The molecule has 5 nitrogen and oxygen atoms in total. The molecule has 35 heavy (non-hydrogen) atoms. The van der Waals surface area contributed by atoms with E-state index in [-0.39, 0.29) is 32.9 Å². The second-order valence-corrected chi connectivity index (χ2v) is 13.3. The maximum atomic E-state index is 13.7. The average Bonchev–Trinajstić information content (AvgIpc) is 3.15. The van der Waals surface area contributed by atoms with Crippen LogP contribution in [-0.2, 0) is 21.8 Å². The monoisotopic (exact) mass is 539 g/mol. The lowest BCUT2D eigenvalue weighted by Gasteiger charge is -2.29. The zero-order valence-corrected chi connectivity index (χ0v) is 23.3. The summed E-state index contributed by atoms with van der Waals surface area (Å²) >= 11 is 12.9. The number of carbonyl (C=O) groups is 1. The Morgan fingerprint density at radius 3 is 2.23 bits per heavy atom. The van der Waals surface area contributed by atoms with Crippen molar-refractivity contribution in [2.45, 2.75) is 71.4 Å². The van der Waals surface area contributed by atoms with Crippen LogP contribution in [0.5, 0.6) is 5.75 Å². The maximum Gasteiger partial charge on any atom is 0.254 e. The van der Waals surface area contributed by atoms with Gasteiger partial charge in [0.15, 0.2) is 15.6 Å². The summed E-state index contributed by atoms with van der Waals surface area (Å²) in [5, 5.41) is 0.539. The summed E-state index contributed by atoms with van der Waals surface area (Å²) in [5.41, 5.74) is 2.46. The number of sulfone groups is 1. The molecule has 1 unspecified atom stereocenters. The Bertz CT molecular complexity index is 1120. The van der Waals surface area contributed by atoms with Crippen molar-refractivity contribution in [3.8, 4) is 5.75 Å². The molecule has 192 valence electrons. The molecule has 0 saturated carbocycles. The van der Waals surface area contributed by atoms with E-state index < -0.39 is 15.9 Å². The maximum absolute atomic E-state index is 13.7. The van der Waals surface area contributed by atoms with Gasteiger partial charge in [-0.05, 0) is 41.5 Å². The van der Waals surface area contributed by atoms with Gasteiger partial charge in [-0.15, -0.1) is 0 Å². The minimum absolute atomic E-state index is 0.0153. The van der Waals surface area contributed by atoms with Gasteiger partial charge in [-0.3, -0.25) is 4.79 Å². The van der Waals surface area contributed by atoms with E-state index >= 15 is 0 Å². The van der Waals surface area contributed by atoms with Crippen molar-refractivity contribution in [3.05, 3.63) is 63.1 Å². The van der Waals surface area contributed by atoms with Gasteiger partial charge in [0.1, 0.15) is 0 Å². The first-order chi connectivity index (χ1) is 16.4. The molecule has 3 rings (SSSR count). The van der Waals surface area contributed by atoms with Gasteiger partial charge >= 0.3 is 0 Å². The third-order valence-electron chi connectivity index (χ3n) is 6.32. The van der Waals surface area contributed by atoms with Gasteiger partial charge in [0.25, 0.3) is 5.91 Å². The fourth-order valence-electron chi connectivity index (χ4n) is 4.21. The fourth-order valence-corrected chi connectivity index (χ4v) is 6.54. The van der Waals surface area contributed by atoms with Crippen LogP contribution in [0.1, 0.15) is 74.9 Å². The van der Waals surface area contributed by atoms with E-state index in [4.69, 9.17) is 27.9 Å². The van der Waals surface area contributed by atoms with Crippen LogP contribution in [0.3, 0.4) is 0 Å². The van der Waals surface area contributed by atoms with Gasteiger partial charge in [-0.1, -0.05) is 88.0 Å². The van der Waals surface area contributed by atoms with Gasteiger partial charge in [-0.2, -0.15) is 0 Å². The summed E-state index contributed by atoms with van der Waals surface area (Å²) < 4.78 is 30.2. The Kier molecular flexibility index (Phi) is 9.16. The van der Waals surface area contributed by atoms with Crippen LogP contribution in [0.2, 0.25) is 10.0 Å². The molecule has 8 heteroatoms. The highest BCUT2D eigenvalue weighted by atomic mass is 35.5.